The van der Waals surface area contributed by atoms with E-state index in [0.717, 1.165) is 0 Å². The average Bonchev–Trinajstić information content (AvgIpc) is 3.42. The molecular formula is C24H28N4O5. The van der Waals surface area contributed by atoms with Crippen LogP contribution in [0.2, 0.25) is 0 Å². The zero-order chi connectivity index (χ0) is 24.0. The zero-order valence-electron chi connectivity index (χ0n) is 19.6. The van der Waals surface area contributed by atoms with Crippen LogP contribution in [0.25, 0.3) is 11.5 Å². The van der Waals surface area contributed by atoms with E-state index >= 15 is 0 Å². The Kier molecular flexibility index (Phi) is 5.43. The standard InChI is InChI=1S/C24H28N4O5/c1-23(2,3)25-22(30)24(4)14-27-19(13-18(26-27)20-8-7-9-33-20)21(29)28(24)15-10-16(31-5)12-17(11-15)32-6/h7-13H,14H2,1-6H3,(H,25,30). The van der Waals surface area contributed by atoms with Gasteiger partial charge in [-0.3, -0.25) is 19.2 Å². The number of anilines is 1. The fourth-order valence-corrected chi connectivity index (χ4v) is 3.93. The van der Waals surface area contributed by atoms with Gasteiger partial charge in [0.15, 0.2) is 5.76 Å². The number of hydrogen-bond donors (Lipinski definition) is 1. The molecule has 0 saturated carbocycles. The lowest BCUT2D eigenvalue weighted by Gasteiger charge is -2.44. The van der Waals surface area contributed by atoms with E-state index in [2.05, 4.69) is 10.4 Å². The van der Waals surface area contributed by atoms with Gasteiger partial charge in [0, 0.05) is 29.8 Å². The molecule has 1 N–H and O–H groups in total. The number of ether oxygens (including phenoxy) is 2. The molecule has 0 saturated heterocycles. The van der Waals surface area contributed by atoms with Crippen LogP contribution < -0.4 is 19.7 Å². The Morgan fingerprint density at radius 1 is 1.15 bits per heavy atom. The van der Waals surface area contributed by atoms with Gasteiger partial charge in [-0.15, -0.1) is 0 Å². The van der Waals surface area contributed by atoms with Crippen molar-refractivity contribution < 1.29 is 23.5 Å². The zero-order valence-corrected chi connectivity index (χ0v) is 19.6. The summed E-state index contributed by atoms with van der Waals surface area (Å²) in [6.45, 7) is 7.57. The van der Waals surface area contributed by atoms with E-state index in [1.54, 1.807) is 54.3 Å². The van der Waals surface area contributed by atoms with Gasteiger partial charge in [-0.2, -0.15) is 5.10 Å². The van der Waals surface area contributed by atoms with Crippen molar-refractivity contribution in [2.75, 3.05) is 19.1 Å². The van der Waals surface area contributed by atoms with Gasteiger partial charge in [0.05, 0.1) is 32.7 Å². The van der Waals surface area contributed by atoms with Crippen molar-refractivity contribution in [2.24, 2.45) is 0 Å². The predicted molar refractivity (Wildman–Crippen MR) is 123 cm³/mol. The van der Waals surface area contributed by atoms with E-state index in [0.29, 0.717) is 34.3 Å². The summed E-state index contributed by atoms with van der Waals surface area (Å²) in [5.74, 6) is 0.886. The van der Waals surface area contributed by atoms with Crippen LogP contribution in [0.3, 0.4) is 0 Å². The molecule has 9 heteroatoms. The van der Waals surface area contributed by atoms with Crippen molar-refractivity contribution in [3.8, 4) is 23.0 Å². The molecule has 33 heavy (non-hydrogen) atoms. The molecule has 0 fully saturated rings. The fraction of sp³-hybridized carbons (Fsp3) is 0.375. The molecule has 0 bridgehead atoms. The van der Waals surface area contributed by atoms with Gasteiger partial charge < -0.3 is 19.2 Å². The van der Waals surface area contributed by atoms with Crippen molar-refractivity contribution in [1.29, 1.82) is 0 Å². The number of methoxy groups -OCH3 is 2. The molecule has 0 spiro atoms. The molecule has 0 aliphatic carbocycles. The maximum atomic E-state index is 13.9. The Labute approximate surface area is 192 Å². The molecule has 3 aromatic rings. The van der Waals surface area contributed by atoms with E-state index in [1.807, 2.05) is 20.8 Å². The van der Waals surface area contributed by atoms with E-state index in [9.17, 15) is 9.59 Å². The van der Waals surface area contributed by atoms with E-state index < -0.39 is 11.1 Å². The molecule has 0 radical (unpaired) electrons. The smallest absolute Gasteiger partial charge is 0.277 e. The Morgan fingerprint density at radius 3 is 2.36 bits per heavy atom. The van der Waals surface area contributed by atoms with Gasteiger partial charge >= 0.3 is 0 Å². The first-order chi connectivity index (χ1) is 15.6. The molecule has 2 amide bonds. The molecule has 4 rings (SSSR count). The molecule has 1 aliphatic rings. The maximum absolute atomic E-state index is 13.9. The largest absolute Gasteiger partial charge is 0.497 e. The van der Waals surface area contributed by atoms with Crippen LogP contribution in [-0.2, 0) is 11.3 Å². The van der Waals surface area contributed by atoms with Crippen molar-refractivity contribution >= 4 is 17.5 Å². The quantitative estimate of drug-likeness (QED) is 0.636. The number of fused-ring (bicyclic) bond motifs is 1. The normalized spacial score (nSPS) is 18.1. The first kappa shape index (κ1) is 22.4. The van der Waals surface area contributed by atoms with Crippen LogP contribution in [0.4, 0.5) is 5.69 Å². The lowest BCUT2D eigenvalue weighted by Crippen LogP contribution is -2.66. The number of carbonyl (C=O) groups excluding carboxylic acids is 2. The third-order valence-electron chi connectivity index (χ3n) is 5.50. The summed E-state index contributed by atoms with van der Waals surface area (Å²) >= 11 is 0. The van der Waals surface area contributed by atoms with Crippen LogP contribution in [0.1, 0.15) is 38.2 Å². The topological polar surface area (TPSA) is 98.8 Å². The highest BCUT2D eigenvalue weighted by Crippen LogP contribution is 2.38. The predicted octanol–water partition coefficient (Wildman–Crippen LogP) is 3.49. The summed E-state index contributed by atoms with van der Waals surface area (Å²) < 4.78 is 17.8. The molecule has 3 heterocycles. The monoisotopic (exact) mass is 452 g/mol. The highest BCUT2D eigenvalue weighted by atomic mass is 16.5. The van der Waals surface area contributed by atoms with E-state index in [1.165, 1.54) is 19.1 Å². The summed E-state index contributed by atoms with van der Waals surface area (Å²) in [6, 6.07) is 10.3. The minimum atomic E-state index is -1.28. The average molecular weight is 453 g/mol. The van der Waals surface area contributed by atoms with Crippen LogP contribution in [0.5, 0.6) is 11.5 Å². The highest BCUT2D eigenvalue weighted by Gasteiger charge is 2.50. The lowest BCUT2D eigenvalue weighted by atomic mass is 9.92. The number of hydrogen-bond acceptors (Lipinski definition) is 6. The Morgan fingerprint density at radius 2 is 1.82 bits per heavy atom. The van der Waals surface area contributed by atoms with Crippen molar-refractivity contribution in [3.05, 3.63) is 48.4 Å². The third-order valence-corrected chi connectivity index (χ3v) is 5.50. The van der Waals surface area contributed by atoms with Crippen LogP contribution in [0.15, 0.2) is 47.1 Å². The maximum Gasteiger partial charge on any atom is 0.277 e. The van der Waals surface area contributed by atoms with Gasteiger partial charge in [0.25, 0.3) is 5.91 Å². The van der Waals surface area contributed by atoms with Crippen molar-refractivity contribution in [1.82, 2.24) is 15.1 Å². The molecule has 1 aliphatic heterocycles. The molecule has 9 nitrogen and oxygen atoms in total. The summed E-state index contributed by atoms with van der Waals surface area (Å²) in [4.78, 5) is 28.9. The van der Waals surface area contributed by atoms with Crippen molar-refractivity contribution in [3.63, 3.8) is 0 Å². The molecule has 1 atom stereocenters. The van der Waals surface area contributed by atoms with Gasteiger partial charge in [-0.05, 0) is 39.8 Å². The Hall–Kier alpha value is -3.75. The van der Waals surface area contributed by atoms with Gasteiger partial charge in [-0.25, -0.2) is 0 Å². The van der Waals surface area contributed by atoms with Gasteiger partial charge in [0.1, 0.15) is 28.4 Å². The third kappa shape index (κ3) is 4.06. The fourth-order valence-electron chi connectivity index (χ4n) is 3.93. The van der Waals surface area contributed by atoms with E-state index in [-0.39, 0.29) is 18.4 Å². The SMILES string of the molecule is COc1cc(OC)cc(N2C(=O)c3cc(-c4ccco4)nn3CC2(C)C(=O)NC(C)(C)C)c1. The molecule has 1 unspecified atom stereocenters. The summed E-state index contributed by atoms with van der Waals surface area (Å²) in [7, 11) is 3.07. The number of benzene rings is 1. The molecule has 1 aromatic carbocycles. The summed E-state index contributed by atoms with van der Waals surface area (Å²) in [6.07, 6.45) is 1.55. The number of furan rings is 1. The van der Waals surface area contributed by atoms with Crippen LogP contribution in [0, 0.1) is 0 Å². The summed E-state index contributed by atoms with van der Waals surface area (Å²) in [5.41, 5.74) is -0.419. The van der Waals surface area contributed by atoms with Crippen molar-refractivity contribution in [2.45, 2.75) is 45.3 Å². The number of aromatic nitrogens is 2. The molecule has 2 aromatic heterocycles. The van der Waals surface area contributed by atoms with Gasteiger partial charge in [-0.1, -0.05) is 0 Å². The number of rotatable bonds is 5. The van der Waals surface area contributed by atoms with E-state index in [4.69, 9.17) is 13.9 Å². The lowest BCUT2D eigenvalue weighted by molar-refractivity contribution is -0.128. The number of nitrogens with zero attached hydrogens (tertiary/aromatic N) is 3. The summed E-state index contributed by atoms with van der Waals surface area (Å²) in [5, 5.41) is 7.58. The Balaban J connectivity index is 1.88. The number of nitrogens with one attached hydrogen (secondary N) is 1. The number of amides is 2. The first-order valence-corrected chi connectivity index (χ1v) is 10.6. The Bertz CT molecular complexity index is 1170. The minimum absolute atomic E-state index is 0.149. The second-order valence-electron chi connectivity index (χ2n) is 9.24. The van der Waals surface area contributed by atoms with Crippen LogP contribution in [-0.4, -0.2) is 46.9 Å². The molecule has 174 valence electrons. The molecular weight excluding hydrogens is 424 g/mol. The highest BCUT2D eigenvalue weighted by molar-refractivity contribution is 6.12. The first-order valence-electron chi connectivity index (χ1n) is 10.6. The second-order valence-corrected chi connectivity index (χ2v) is 9.24. The second kappa shape index (κ2) is 7.99. The van der Waals surface area contributed by atoms with Gasteiger partial charge in [0.2, 0.25) is 5.91 Å². The minimum Gasteiger partial charge on any atom is -0.497 e. The number of carbonyl (C=O) groups is 2. The van der Waals surface area contributed by atoms with Crippen LogP contribution >= 0.6 is 0 Å².